The van der Waals surface area contributed by atoms with E-state index in [0.29, 0.717) is 6.42 Å². The second-order valence-electron chi connectivity index (χ2n) is 4.90. The minimum absolute atomic E-state index is 0.158. The summed E-state index contributed by atoms with van der Waals surface area (Å²) in [6, 6.07) is 10.2. The predicted molar refractivity (Wildman–Crippen MR) is 81.0 cm³/mol. The second-order valence-corrected chi connectivity index (χ2v) is 4.90. The number of aryl methyl sites for hydroxylation is 1. The number of nitrogens with zero attached hydrogens (tertiary/aromatic N) is 2. The second kappa shape index (κ2) is 6.37. The molecule has 0 amide bonds. The van der Waals surface area contributed by atoms with Crippen molar-refractivity contribution in [3.63, 3.8) is 0 Å². The van der Waals surface area contributed by atoms with Gasteiger partial charge in [-0.2, -0.15) is 0 Å². The first-order valence-electron chi connectivity index (χ1n) is 6.76. The van der Waals surface area contributed by atoms with Crippen LogP contribution >= 0.6 is 0 Å². The Labute approximate surface area is 119 Å². The molecule has 2 rings (SSSR count). The van der Waals surface area contributed by atoms with Gasteiger partial charge in [-0.3, -0.25) is 9.78 Å². The highest BCUT2D eigenvalue weighted by molar-refractivity contribution is 5.91. The number of pyridine rings is 1. The van der Waals surface area contributed by atoms with Gasteiger partial charge >= 0.3 is 5.97 Å². The third-order valence-corrected chi connectivity index (χ3v) is 3.34. The molecule has 0 unspecified atom stereocenters. The molecule has 0 N–H and O–H groups in total. The molecule has 0 bridgehead atoms. The van der Waals surface area contributed by atoms with Crippen LogP contribution in [0.1, 0.15) is 18.5 Å². The van der Waals surface area contributed by atoms with Crippen molar-refractivity contribution in [2.45, 2.75) is 19.8 Å². The number of rotatable bonds is 5. The van der Waals surface area contributed by atoms with E-state index in [1.54, 1.807) is 0 Å². The first kappa shape index (κ1) is 14.3. The monoisotopic (exact) mass is 272 g/mol. The Kier molecular flexibility index (Phi) is 4.56. The van der Waals surface area contributed by atoms with E-state index in [-0.39, 0.29) is 5.97 Å². The van der Waals surface area contributed by atoms with Gasteiger partial charge in [0.2, 0.25) is 0 Å². The molecule has 0 aliphatic carbocycles. The van der Waals surface area contributed by atoms with Crippen molar-refractivity contribution >= 4 is 22.6 Å². The van der Waals surface area contributed by atoms with Gasteiger partial charge in [0.1, 0.15) is 0 Å². The molecule has 2 aromatic rings. The lowest BCUT2D eigenvalue weighted by Gasteiger charge is -2.21. The van der Waals surface area contributed by atoms with Crippen LogP contribution in [0, 0.1) is 6.92 Å². The zero-order valence-corrected chi connectivity index (χ0v) is 12.2. The minimum atomic E-state index is -0.158. The Morgan fingerprint density at radius 3 is 2.85 bits per heavy atom. The molecule has 0 aliphatic rings. The number of fused-ring (bicyclic) bond motifs is 1. The lowest BCUT2D eigenvalue weighted by Crippen LogP contribution is -2.20. The Morgan fingerprint density at radius 1 is 1.35 bits per heavy atom. The molecule has 106 valence electrons. The first-order chi connectivity index (χ1) is 9.61. The van der Waals surface area contributed by atoms with E-state index in [1.165, 1.54) is 7.11 Å². The summed E-state index contributed by atoms with van der Waals surface area (Å²) in [5.74, 6) is -0.158. The van der Waals surface area contributed by atoms with Crippen LogP contribution in [0.5, 0.6) is 0 Å². The van der Waals surface area contributed by atoms with Crippen molar-refractivity contribution in [3.8, 4) is 0 Å². The Balaban J connectivity index is 2.17. The van der Waals surface area contributed by atoms with Crippen LogP contribution in [0.15, 0.2) is 30.3 Å². The Hall–Kier alpha value is -2.10. The van der Waals surface area contributed by atoms with E-state index in [9.17, 15) is 4.79 Å². The molecule has 4 heteroatoms. The van der Waals surface area contributed by atoms with Crippen LogP contribution in [0.2, 0.25) is 0 Å². The molecule has 0 aliphatic heterocycles. The molecule has 0 spiro atoms. The normalized spacial score (nSPS) is 10.6. The number of hydrogen-bond acceptors (Lipinski definition) is 4. The average Bonchev–Trinajstić information content (AvgIpc) is 2.45. The van der Waals surface area contributed by atoms with Crippen LogP contribution < -0.4 is 4.90 Å². The first-order valence-corrected chi connectivity index (χ1v) is 6.76. The summed E-state index contributed by atoms with van der Waals surface area (Å²) >= 11 is 0. The van der Waals surface area contributed by atoms with Crippen molar-refractivity contribution < 1.29 is 9.53 Å². The fourth-order valence-corrected chi connectivity index (χ4v) is 2.28. The molecule has 1 aromatic heterocycles. The van der Waals surface area contributed by atoms with Crippen LogP contribution in [0.25, 0.3) is 10.9 Å². The van der Waals surface area contributed by atoms with Gasteiger partial charge in [-0.25, -0.2) is 0 Å². The lowest BCUT2D eigenvalue weighted by molar-refractivity contribution is -0.140. The van der Waals surface area contributed by atoms with Crippen molar-refractivity contribution in [1.29, 1.82) is 0 Å². The third kappa shape index (κ3) is 3.26. The highest BCUT2D eigenvalue weighted by Crippen LogP contribution is 2.25. The topological polar surface area (TPSA) is 42.4 Å². The van der Waals surface area contributed by atoms with Gasteiger partial charge in [0.25, 0.3) is 0 Å². The van der Waals surface area contributed by atoms with E-state index in [2.05, 4.69) is 26.8 Å². The van der Waals surface area contributed by atoms with Crippen molar-refractivity contribution in [3.05, 3.63) is 36.0 Å². The number of hydrogen-bond donors (Lipinski definition) is 0. The number of carbonyl (C=O) groups excluding carboxylic acids is 1. The molecular formula is C16H20N2O2. The molecule has 1 aromatic carbocycles. The molecule has 0 fully saturated rings. The van der Waals surface area contributed by atoms with Gasteiger partial charge < -0.3 is 9.64 Å². The number of benzene rings is 1. The van der Waals surface area contributed by atoms with Gasteiger partial charge in [-0.05, 0) is 25.5 Å². The number of ether oxygens (including phenoxy) is 1. The molecule has 0 atom stereocenters. The predicted octanol–water partition coefficient (Wildman–Crippen LogP) is 2.93. The maximum atomic E-state index is 11.1. The summed E-state index contributed by atoms with van der Waals surface area (Å²) in [5.41, 5.74) is 3.15. The molecule has 4 nitrogen and oxygen atoms in total. The number of para-hydroxylation sites is 1. The molecule has 0 saturated heterocycles. The van der Waals surface area contributed by atoms with Crippen molar-refractivity contribution in [2.75, 3.05) is 25.6 Å². The third-order valence-electron chi connectivity index (χ3n) is 3.34. The summed E-state index contributed by atoms with van der Waals surface area (Å²) in [6.07, 6.45) is 1.22. The zero-order valence-electron chi connectivity index (χ0n) is 12.2. The average molecular weight is 272 g/mol. The van der Waals surface area contributed by atoms with Crippen LogP contribution in [-0.2, 0) is 9.53 Å². The summed E-state index contributed by atoms with van der Waals surface area (Å²) < 4.78 is 4.66. The van der Waals surface area contributed by atoms with E-state index < -0.39 is 0 Å². The molecule has 1 heterocycles. The SMILES string of the molecule is COC(=O)CCCN(C)c1cc(C)nc2ccccc12. The molecular weight excluding hydrogens is 252 g/mol. The lowest BCUT2D eigenvalue weighted by atomic mass is 10.1. The fraction of sp³-hybridized carbons (Fsp3) is 0.375. The number of carbonyl (C=O) groups is 1. The summed E-state index contributed by atoms with van der Waals surface area (Å²) in [4.78, 5) is 17.9. The van der Waals surface area contributed by atoms with Gasteiger partial charge in [0.15, 0.2) is 0 Å². The van der Waals surface area contributed by atoms with E-state index in [0.717, 1.165) is 35.2 Å². The quantitative estimate of drug-likeness (QED) is 0.785. The largest absolute Gasteiger partial charge is 0.469 e. The van der Waals surface area contributed by atoms with Crippen molar-refractivity contribution in [2.24, 2.45) is 0 Å². The molecule has 0 radical (unpaired) electrons. The van der Waals surface area contributed by atoms with E-state index >= 15 is 0 Å². The minimum Gasteiger partial charge on any atom is -0.469 e. The Bertz CT molecular complexity index is 610. The van der Waals surface area contributed by atoms with Gasteiger partial charge in [0.05, 0.1) is 12.6 Å². The maximum Gasteiger partial charge on any atom is 0.305 e. The van der Waals surface area contributed by atoms with Crippen molar-refractivity contribution in [1.82, 2.24) is 4.98 Å². The highest BCUT2D eigenvalue weighted by atomic mass is 16.5. The van der Waals surface area contributed by atoms with Gasteiger partial charge in [-0.15, -0.1) is 0 Å². The van der Waals surface area contributed by atoms with Crippen LogP contribution in [0.3, 0.4) is 0 Å². The van der Waals surface area contributed by atoms with E-state index in [4.69, 9.17) is 0 Å². The Morgan fingerprint density at radius 2 is 2.10 bits per heavy atom. The summed E-state index contributed by atoms with van der Waals surface area (Å²) in [6.45, 7) is 2.81. The summed E-state index contributed by atoms with van der Waals surface area (Å²) in [5, 5.41) is 1.14. The zero-order chi connectivity index (χ0) is 14.5. The van der Waals surface area contributed by atoms with Crippen LogP contribution in [-0.4, -0.2) is 31.7 Å². The number of anilines is 1. The number of esters is 1. The van der Waals surface area contributed by atoms with E-state index in [1.807, 2.05) is 32.2 Å². The number of methoxy groups -OCH3 is 1. The summed E-state index contributed by atoms with van der Waals surface area (Å²) in [7, 11) is 3.46. The maximum absolute atomic E-state index is 11.1. The van der Waals surface area contributed by atoms with Crippen LogP contribution in [0.4, 0.5) is 5.69 Å². The number of aromatic nitrogens is 1. The highest BCUT2D eigenvalue weighted by Gasteiger charge is 2.09. The molecule has 0 saturated carbocycles. The van der Waals surface area contributed by atoms with Gasteiger partial charge in [0, 0.05) is 36.8 Å². The van der Waals surface area contributed by atoms with Gasteiger partial charge in [-0.1, -0.05) is 18.2 Å². The standard InChI is InChI=1S/C16H20N2O2/c1-12-11-15(13-7-4-5-8-14(13)17-12)18(2)10-6-9-16(19)20-3/h4-5,7-8,11H,6,9-10H2,1-3H3. The molecule has 20 heavy (non-hydrogen) atoms. The smallest absolute Gasteiger partial charge is 0.305 e. The fourth-order valence-electron chi connectivity index (χ4n) is 2.28.